The van der Waals surface area contributed by atoms with E-state index in [1.807, 2.05) is 0 Å². The minimum atomic E-state index is -4.04. The van der Waals surface area contributed by atoms with Crippen LogP contribution in [0, 0.1) is 0 Å². The summed E-state index contributed by atoms with van der Waals surface area (Å²) in [5, 5.41) is -0.0801. The Bertz CT molecular complexity index is 1480. The molecule has 2 heterocycles. The van der Waals surface area contributed by atoms with Crippen molar-refractivity contribution in [1.29, 1.82) is 0 Å². The van der Waals surface area contributed by atoms with Gasteiger partial charge in [0.1, 0.15) is 0 Å². The van der Waals surface area contributed by atoms with Gasteiger partial charge in [-0.1, -0.05) is 56.6 Å². The number of anilines is 1. The Balaban J connectivity index is 0.00000380. The molecule has 0 amide bonds. The second-order valence-electron chi connectivity index (χ2n) is 8.88. The Morgan fingerprint density at radius 1 is 0.892 bits per heavy atom. The average molecular weight is 564 g/mol. The molecule has 1 N–H and O–H groups in total. The number of ether oxygens (including phenoxy) is 2. The molecule has 0 radical (unpaired) electrons. The van der Waals surface area contributed by atoms with Gasteiger partial charge in [-0.2, -0.15) is 0 Å². The number of sulfonamides is 1. The molecular formula is C26H25ClKN4O4S+. The van der Waals surface area contributed by atoms with Gasteiger partial charge in [-0.25, -0.2) is 18.4 Å². The average Bonchev–Trinajstić information content (AvgIpc) is 2.86. The first kappa shape index (κ1) is 29.5. The number of hydrogen-bond acceptors (Lipinski definition) is 7. The summed E-state index contributed by atoms with van der Waals surface area (Å²) in [6.45, 7) is 6.17. The minimum absolute atomic E-state index is 0. The second-order valence-corrected chi connectivity index (χ2v) is 10.9. The number of nitrogens with zero attached hydrogens (tertiary/aromatic N) is 3. The molecule has 0 bridgehead atoms. The summed E-state index contributed by atoms with van der Waals surface area (Å²) in [6.07, 6.45) is 3.15. The monoisotopic (exact) mass is 563 g/mol. The number of nitrogens with one attached hydrogen (secondary N) is 1. The van der Waals surface area contributed by atoms with E-state index < -0.39 is 10.0 Å². The van der Waals surface area contributed by atoms with Gasteiger partial charge < -0.3 is 9.47 Å². The number of halogens is 1. The van der Waals surface area contributed by atoms with Gasteiger partial charge in [0.25, 0.3) is 10.0 Å². The summed E-state index contributed by atoms with van der Waals surface area (Å²) in [5.74, 6) is 0.771. The van der Waals surface area contributed by atoms with Crippen molar-refractivity contribution in [3.63, 3.8) is 0 Å². The molecule has 0 saturated carbocycles. The van der Waals surface area contributed by atoms with Crippen molar-refractivity contribution in [1.82, 2.24) is 15.0 Å². The summed E-state index contributed by atoms with van der Waals surface area (Å²) in [7, 11) is -2.55. The third-order valence-corrected chi connectivity index (χ3v) is 6.92. The fourth-order valence-electron chi connectivity index (χ4n) is 3.35. The fraction of sp³-hybridized carbons (Fsp3) is 0.192. The standard InChI is InChI=1S/C26H25ClN4O4S.K/c1-26(2,3)18-9-11-19(12-10-18)36(32,33)31-25-22(35-21-8-6-5-7-20(21)34-4)23(27)29-24(30-25)17-13-15-28-16-14-17;/h5-16H,1-4H3,(H,29,30,31);/q;+1. The van der Waals surface area contributed by atoms with Crippen LogP contribution in [0.2, 0.25) is 5.15 Å². The van der Waals surface area contributed by atoms with Gasteiger partial charge >= 0.3 is 51.4 Å². The fourth-order valence-corrected chi connectivity index (χ4v) is 4.56. The molecule has 4 rings (SSSR count). The first-order valence-corrected chi connectivity index (χ1v) is 12.9. The van der Waals surface area contributed by atoms with Crippen LogP contribution >= 0.6 is 11.6 Å². The Labute approximate surface area is 264 Å². The summed E-state index contributed by atoms with van der Waals surface area (Å²) >= 11 is 6.51. The van der Waals surface area contributed by atoms with Crippen LogP contribution in [0.5, 0.6) is 17.2 Å². The van der Waals surface area contributed by atoms with Crippen LogP contribution in [-0.4, -0.2) is 30.5 Å². The number of methoxy groups -OCH3 is 1. The molecule has 4 aromatic rings. The summed E-state index contributed by atoms with van der Waals surface area (Å²) in [5.41, 5.74) is 1.49. The van der Waals surface area contributed by atoms with Crippen molar-refractivity contribution >= 4 is 27.4 Å². The van der Waals surface area contributed by atoms with Gasteiger partial charge in [0.15, 0.2) is 28.3 Å². The van der Waals surface area contributed by atoms with Crippen molar-refractivity contribution in [3.8, 4) is 28.6 Å². The molecule has 37 heavy (non-hydrogen) atoms. The van der Waals surface area contributed by atoms with E-state index in [0.29, 0.717) is 17.1 Å². The number of rotatable bonds is 7. The van der Waals surface area contributed by atoms with E-state index in [1.165, 1.54) is 7.11 Å². The van der Waals surface area contributed by atoms with Crippen molar-refractivity contribution in [3.05, 3.63) is 83.8 Å². The van der Waals surface area contributed by atoms with Gasteiger partial charge in [0, 0.05) is 18.0 Å². The normalized spacial score (nSPS) is 11.4. The first-order chi connectivity index (χ1) is 17.1. The molecule has 186 valence electrons. The number of hydrogen-bond donors (Lipinski definition) is 1. The molecule has 0 aliphatic heterocycles. The molecule has 0 aliphatic carbocycles. The van der Waals surface area contributed by atoms with Crippen LogP contribution in [-0.2, 0) is 15.4 Å². The topological polar surface area (TPSA) is 103 Å². The zero-order valence-electron chi connectivity index (χ0n) is 21.2. The number of aromatic nitrogens is 3. The van der Waals surface area contributed by atoms with Crippen LogP contribution in [0.25, 0.3) is 11.4 Å². The molecular weight excluding hydrogens is 539 g/mol. The van der Waals surface area contributed by atoms with E-state index in [2.05, 4.69) is 40.4 Å². The quantitative estimate of drug-likeness (QED) is 0.272. The molecule has 0 spiro atoms. The number of benzene rings is 2. The van der Waals surface area contributed by atoms with Crippen molar-refractivity contribution in [2.24, 2.45) is 0 Å². The third kappa shape index (κ3) is 7.08. The predicted molar refractivity (Wildman–Crippen MR) is 139 cm³/mol. The van der Waals surface area contributed by atoms with Gasteiger partial charge in [-0.15, -0.1) is 0 Å². The van der Waals surface area contributed by atoms with Gasteiger partial charge in [-0.05, 0) is 47.4 Å². The summed E-state index contributed by atoms with van der Waals surface area (Å²) in [4.78, 5) is 12.8. The predicted octanol–water partition coefficient (Wildman–Crippen LogP) is 3.10. The Morgan fingerprint density at radius 2 is 1.51 bits per heavy atom. The van der Waals surface area contributed by atoms with Crippen LogP contribution in [0.1, 0.15) is 26.3 Å². The molecule has 0 unspecified atom stereocenters. The molecule has 2 aromatic heterocycles. The largest absolute Gasteiger partial charge is 1.00 e. The van der Waals surface area contributed by atoms with Gasteiger partial charge in [0.05, 0.1) is 12.0 Å². The molecule has 2 aromatic carbocycles. The van der Waals surface area contributed by atoms with E-state index in [9.17, 15) is 8.42 Å². The molecule has 0 atom stereocenters. The Morgan fingerprint density at radius 3 is 2.11 bits per heavy atom. The van der Waals surface area contributed by atoms with E-state index in [-0.39, 0.29) is 84.2 Å². The number of para-hydroxylation sites is 2. The van der Waals surface area contributed by atoms with Gasteiger partial charge in [0.2, 0.25) is 5.75 Å². The zero-order valence-corrected chi connectivity index (χ0v) is 25.9. The van der Waals surface area contributed by atoms with E-state index >= 15 is 0 Å². The third-order valence-electron chi connectivity index (χ3n) is 5.31. The van der Waals surface area contributed by atoms with Crippen LogP contribution in [0.15, 0.2) is 78.0 Å². The maximum atomic E-state index is 13.3. The van der Waals surface area contributed by atoms with Crippen LogP contribution in [0.4, 0.5) is 5.82 Å². The SMILES string of the molecule is COc1ccccc1Oc1c(Cl)nc(-c2ccncc2)nc1NS(=O)(=O)c1ccc(C(C)(C)C)cc1.[K+]. The first-order valence-electron chi connectivity index (χ1n) is 11.0. The van der Waals surface area contributed by atoms with E-state index in [1.54, 1.807) is 73.1 Å². The molecule has 0 aliphatic rings. The van der Waals surface area contributed by atoms with Crippen LogP contribution in [0.3, 0.4) is 0 Å². The van der Waals surface area contributed by atoms with Crippen molar-refractivity contribution in [2.45, 2.75) is 31.1 Å². The minimum Gasteiger partial charge on any atom is -0.493 e. The van der Waals surface area contributed by atoms with Crippen molar-refractivity contribution < 1.29 is 69.3 Å². The Hall–Kier alpha value is -2.05. The molecule has 0 fully saturated rings. The maximum Gasteiger partial charge on any atom is 1.00 e. The molecule has 8 nitrogen and oxygen atoms in total. The summed E-state index contributed by atoms with van der Waals surface area (Å²) < 4.78 is 40.5. The molecule has 11 heteroatoms. The molecule has 0 saturated heterocycles. The van der Waals surface area contributed by atoms with Crippen LogP contribution < -0.4 is 65.6 Å². The summed E-state index contributed by atoms with van der Waals surface area (Å²) in [6, 6.07) is 17.0. The maximum absolute atomic E-state index is 13.3. The van der Waals surface area contributed by atoms with Crippen molar-refractivity contribution in [2.75, 3.05) is 11.8 Å². The Kier molecular flexibility index (Phi) is 9.73. The number of pyridine rings is 1. The van der Waals surface area contributed by atoms with E-state index in [4.69, 9.17) is 21.1 Å². The van der Waals surface area contributed by atoms with E-state index in [0.717, 1.165) is 5.56 Å². The second kappa shape index (κ2) is 12.2. The smallest absolute Gasteiger partial charge is 0.493 e. The zero-order chi connectivity index (χ0) is 25.9. The van der Waals surface area contributed by atoms with Gasteiger partial charge in [-0.3, -0.25) is 9.71 Å².